The van der Waals surface area contributed by atoms with Crippen molar-refractivity contribution in [3.05, 3.63) is 35.9 Å². The van der Waals surface area contributed by atoms with Gasteiger partial charge in [-0.3, -0.25) is 4.79 Å². The highest BCUT2D eigenvalue weighted by Gasteiger charge is 2.18. The molecule has 0 bridgehead atoms. The zero-order valence-electron chi connectivity index (χ0n) is 12.7. The van der Waals surface area contributed by atoms with E-state index in [0.29, 0.717) is 6.42 Å². The molecule has 3 nitrogen and oxygen atoms in total. The predicted molar refractivity (Wildman–Crippen MR) is 82.4 cm³/mol. The van der Waals surface area contributed by atoms with E-state index in [1.807, 2.05) is 37.3 Å². The van der Waals surface area contributed by atoms with Crippen molar-refractivity contribution < 1.29 is 9.53 Å². The lowest BCUT2D eigenvalue weighted by Gasteiger charge is -2.16. The number of hydrogen-bond donors (Lipinski definition) is 1. The Kier molecular flexibility index (Phi) is 7.97. The Morgan fingerprint density at radius 1 is 1.20 bits per heavy atom. The van der Waals surface area contributed by atoms with Crippen LogP contribution in [0.2, 0.25) is 0 Å². The van der Waals surface area contributed by atoms with E-state index in [4.69, 9.17) is 10.5 Å². The van der Waals surface area contributed by atoms with Gasteiger partial charge in [0.05, 0.1) is 6.10 Å². The molecule has 0 aliphatic carbocycles. The fraction of sp³-hybridized carbons (Fsp3) is 0.588. The predicted octanol–water partition coefficient (Wildman–Crippen LogP) is 3.46. The number of rotatable bonds is 9. The molecule has 2 N–H and O–H groups in total. The first-order valence-corrected chi connectivity index (χ1v) is 7.63. The van der Waals surface area contributed by atoms with Gasteiger partial charge in [-0.15, -0.1) is 0 Å². The fourth-order valence-electron chi connectivity index (χ4n) is 2.15. The summed E-state index contributed by atoms with van der Waals surface area (Å²) in [7, 11) is 0. The number of ether oxygens (including phenoxy) is 1. The lowest BCUT2D eigenvalue weighted by Crippen LogP contribution is -2.36. The molecule has 0 spiro atoms. The first-order chi connectivity index (χ1) is 9.63. The Bertz CT molecular complexity index is 378. The van der Waals surface area contributed by atoms with Gasteiger partial charge >= 0.3 is 5.97 Å². The van der Waals surface area contributed by atoms with E-state index in [2.05, 4.69) is 6.92 Å². The smallest absolute Gasteiger partial charge is 0.323 e. The molecule has 112 valence electrons. The SMILES string of the molecule is CCCCCCC(C)OC(=O)[C@H](N)Cc1ccccc1. The molecular weight excluding hydrogens is 250 g/mol. The van der Waals surface area contributed by atoms with Crippen LogP contribution in [0.25, 0.3) is 0 Å². The highest BCUT2D eigenvalue weighted by molar-refractivity contribution is 5.76. The summed E-state index contributed by atoms with van der Waals surface area (Å²) in [5.41, 5.74) is 6.96. The van der Waals surface area contributed by atoms with Crippen LogP contribution >= 0.6 is 0 Å². The number of hydrogen-bond acceptors (Lipinski definition) is 3. The number of benzene rings is 1. The molecule has 2 atom stereocenters. The molecule has 1 rings (SSSR count). The molecule has 0 saturated heterocycles. The van der Waals surface area contributed by atoms with Crippen molar-refractivity contribution in [1.29, 1.82) is 0 Å². The molecule has 1 unspecified atom stereocenters. The van der Waals surface area contributed by atoms with Gasteiger partial charge in [0, 0.05) is 0 Å². The van der Waals surface area contributed by atoms with E-state index in [0.717, 1.165) is 18.4 Å². The number of unbranched alkanes of at least 4 members (excludes halogenated alkanes) is 3. The van der Waals surface area contributed by atoms with E-state index in [-0.39, 0.29) is 12.1 Å². The highest BCUT2D eigenvalue weighted by atomic mass is 16.5. The number of carbonyl (C=O) groups excluding carboxylic acids is 1. The minimum Gasteiger partial charge on any atom is -0.462 e. The van der Waals surface area contributed by atoms with Crippen molar-refractivity contribution in [2.24, 2.45) is 5.73 Å². The second-order valence-corrected chi connectivity index (χ2v) is 5.39. The molecule has 0 amide bonds. The van der Waals surface area contributed by atoms with Crippen molar-refractivity contribution in [3.8, 4) is 0 Å². The summed E-state index contributed by atoms with van der Waals surface area (Å²) in [6.07, 6.45) is 6.18. The molecule has 1 aromatic rings. The summed E-state index contributed by atoms with van der Waals surface area (Å²) in [4.78, 5) is 11.9. The summed E-state index contributed by atoms with van der Waals surface area (Å²) >= 11 is 0. The summed E-state index contributed by atoms with van der Waals surface area (Å²) in [5, 5.41) is 0. The third kappa shape index (κ3) is 6.71. The monoisotopic (exact) mass is 277 g/mol. The zero-order valence-corrected chi connectivity index (χ0v) is 12.7. The lowest BCUT2D eigenvalue weighted by molar-refractivity contribution is -0.150. The van der Waals surface area contributed by atoms with Crippen LogP contribution in [0.4, 0.5) is 0 Å². The van der Waals surface area contributed by atoms with E-state index >= 15 is 0 Å². The first kappa shape index (κ1) is 16.7. The van der Waals surface area contributed by atoms with Crippen LogP contribution in [-0.2, 0) is 16.0 Å². The van der Waals surface area contributed by atoms with Gasteiger partial charge in [0.25, 0.3) is 0 Å². The summed E-state index contributed by atoms with van der Waals surface area (Å²) < 4.78 is 5.40. The van der Waals surface area contributed by atoms with Crippen molar-refractivity contribution in [2.75, 3.05) is 0 Å². The molecule has 0 radical (unpaired) electrons. The van der Waals surface area contributed by atoms with E-state index in [1.165, 1.54) is 19.3 Å². The van der Waals surface area contributed by atoms with Gasteiger partial charge in [-0.25, -0.2) is 0 Å². The maximum absolute atomic E-state index is 11.9. The van der Waals surface area contributed by atoms with Crippen LogP contribution < -0.4 is 5.73 Å². The molecule has 0 aliphatic rings. The van der Waals surface area contributed by atoms with Crippen LogP contribution in [0, 0.1) is 0 Å². The minimum atomic E-state index is -0.574. The Hall–Kier alpha value is -1.35. The van der Waals surface area contributed by atoms with Gasteiger partial charge in [0.1, 0.15) is 6.04 Å². The topological polar surface area (TPSA) is 52.3 Å². The van der Waals surface area contributed by atoms with Gasteiger partial charge < -0.3 is 10.5 Å². The molecule has 20 heavy (non-hydrogen) atoms. The maximum Gasteiger partial charge on any atom is 0.323 e. The second-order valence-electron chi connectivity index (χ2n) is 5.39. The lowest BCUT2D eigenvalue weighted by atomic mass is 10.1. The fourth-order valence-corrected chi connectivity index (χ4v) is 2.15. The molecule has 1 aromatic carbocycles. The van der Waals surface area contributed by atoms with Gasteiger partial charge in [-0.2, -0.15) is 0 Å². The molecule has 0 aliphatic heterocycles. The Morgan fingerprint density at radius 2 is 1.90 bits per heavy atom. The average Bonchev–Trinajstić information content (AvgIpc) is 2.44. The normalized spacial score (nSPS) is 13.8. The Morgan fingerprint density at radius 3 is 2.55 bits per heavy atom. The first-order valence-electron chi connectivity index (χ1n) is 7.63. The van der Waals surface area contributed by atoms with Crippen molar-refractivity contribution in [1.82, 2.24) is 0 Å². The van der Waals surface area contributed by atoms with Crippen LogP contribution in [-0.4, -0.2) is 18.1 Å². The maximum atomic E-state index is 11.9. The zero-order chi connectivity index (χ0) is 14.8. The minimum absolute atomic E-state index is 0.0406. The third-order valence-corrected chi connectivity index (χ3v) is 3.38. The molecule has 3 heteroatoms. The van der Waals surface area contributed by atoms with Crippen LogP contribution in [0.5, 0.6) is 0 Å². The molecule has 0 fully saturated rings. The largest absolute Gasteiger partial charge is 0.462 e. The van der Waals surface area contributed by atoms with Crippen molar-refractivity contribution in [2.45, 2.75) is 64.5 Å². The summed E-state index contributed by atoms with van der Waals surface area (Å²) in [6.45, 7) is 4.13. The summed E-state index contributed by atoms with van der Waals surface area (Å²) in [5.74, 6) is -0.295. The Labute approximate surface area is 122 Å². The number of esters is 1. The van der Waals surface area contributed by atoms with Gasteiger partial charge in [-0.05, 0) is 31.7 Å². The number of carbonyl (C=O) groups is 1. The molecular formula is C17H27NO2. The third-order valence-electron chi connectivity index (χ3n) is 3.38. The number of nitrogens with two attached hydrogens (primary N) is 1. The summed E-state index contributed by atoms with van der Waals surface area (Å²) in [6, 6.07) is 9.22. The second kappa shape index (κ2) is 9.54. The van der Waals surface area contributed by atoms with Gasteiger partial charge in [0.2, 0.25) is 0 Å². The van der Waals surface area contributed by atoms with Crippen LogP contribution in [0.1, 0.15) is 51.5 Å². The Balaban J connectivity index is 2.27. The standard InChI is InChI=1S/C17H27NO2/c1-3-4-5-7-10-14(2)20-17(19)16(18)13-15-11-8-6-9-12-15/h6,8-9,11-12,14,16H,3-5,7,10,13,18H2,1-2H3/t14?,16-/m1/s1. The average molecular weight is 277 g/mol. The molecule has 0 saturated carbocycles. The van der Waals surface area contributed by atoms with E-state index in [9.17, 15) is 4.79 Å². The van der Waals surface area contributed by atoms with Crippen LogP contribution in [0.3, 0.4) is 0 Å². The van der Waals surface area contributed by atoms with Gasteiger partial charge in [-0.1, -0.05) is 56.5 Å². The quantitative estimate of drug-likeness (QED) is 0.555. The van der Waals surface area contributed by atoms with Crippen molar-refractivity contribution >= 4 is 5.97 Å². The van der Waals surface area contributed by atoms with Crippen LogP contribution in [0.15, 0.2) is 30.3 Å². The van der Waals surface area contributed by atoms with Gasteiger partial charge in [0.15, 0.2) is 0 Å². The van der Waals surface area contributed by atoms with Crippen molar-refractivity contribution in [3.63, 3.8) is 0 Å². The van der Waals surface area contributed by atoms with E-state index in [1.54, 1.807) is 0 Å². The highest BCUT2D eigenvalue weighted by Crippen LogP contribution is 2.09. The van der Waals surface area contributed by atoms with E-state index < -0.39 is 6.04 Å². The molecule has 0 aromatic heterocycles. The molecule has 0 heterocycles.